The van der Waals surface area contributed by atoms with Crippen molar-refractivity contribution in [1.29, 1.82) is 0 Å². The van der Waals surface area contributed by atoms with E-state index < -0.39 is 0 Å². The number of halogens is 1. The summed E-state index contributed by atoms with van der Waals surface area (Å²) in [6.45, 7) is 0. The summed E-state index contributed by atoms with van der Waals surface area (Å²) in [6, 6.07) is -0.0910. The Morgan fingerprint density at radius 3 is 3.20 bits per heavy atom. The van der Waals surface area contributed by atoms with Crippen molar-refractivity contribution in [2.45, 2.75) is 12.2 Å². The summed E-state index contributed by atoms with van der Waals surface area (Å²) in [7, 11) is 0. The van der Waals surface area contributed by atoms with Crippen LogP contribution >= 0.6 is 11.6 Å². The molecule has 0 saturated carbocycles. The van der Waals surface area contributed by atoms with Gasteiger partial charge in [-0.3, -0.25) is 4.99 Å². The Labute approximate surface area is 62.7 Å². The second kappa shape index (κ2) is 2.05. The van der Waals surface area contributed by atoms with Crippen molar-refractivity contribution in [3.63, 3.8) is 0 Å². The highest BCUT2D eigenvalue weighted by molar-refractivity contribution is 6.67. The fraction of sp³-hybridized carbons (Fsp3) is 0.400. The van der Waals surface area contributed by atoms with Crippen molar-refractivity contribution < 1.29 is 0 Å². The smallest absolute Gasteiger partial charge is 0.150 e. The molecule has 4 nitrogen and oxygen atoms in total. The third kappa shape index (κ3) is 0.724. The van der Waals surface area contributed by atoms with Gasteiger partial charge in [-0.1, -0.05) is 11.6 Å². The number of nitrogens with zero attached hydrogens (tertiary/aromatic N) is 3. The van der Waals surface area contributed by atoms with Crippen LogP contribution in [0.25, 0.3) is 0 Å². The molecule has 2 unspecified atom stereocenters. The number of nitrogens with one attached hydrogen (secondary N) is 1. The van der Waals surface area contributed by atoms with Crippen molar-refractivity contribution >= 4 is 29.4 Å². The first-order chi connectivity index (χ1) is 4.88. The Bertz CT molecular complexity index is 232. The fourth-order valence-electron chi connectivity index (χ4n) is 0.925. The molecule has 2 atom stereocenters. The van der Waals surface area contributed by atoms with Crippen molar-refractivity contribution in [1.82, 2.24) is 5.32 Å². The first-order valence-corrected chi connectivity index (χ1v) is 3.28. The zero-order valence-corrected chi connectivity index (χ0v) is 5.78. The third-order valence-electron chi connectivity index (χ3n) is 1.43. The van der Waals surface area contributed by atoms with Gasteiger partial charge in [-0.2, -0.15) is 0 Å². The molecule has 0 amide bonds. The summed E-state index contributed by atoms with van der Waals surface area (Å²) in [6.07, 6.45) is 3.03. The molecule has 0 aromatic carbocycles. The Morgan fingerprint density at radius 2 is 2.40 bits per heavy atom. The van der Waals surface area contributed by atoms with E-state index in [1.54, 1.807) is 6.34 Å². The first kappa shape index (κ1) is 5.85. The molecule has 1 N–H and O–H groups in total. The minimum atomic E-state index is -0.0910. The maximum Gasteiger partial charge on any atom is 0.150 e. The van der Waals surface area contributed by atoms with E-state index in [-0.39, 0.29) is 12.2 Å². The molecule has 0 aromatic rings. The Kier molecular flexibility index (Phi) is 1.20. The molecule has 0 spiro atoms. The second-order valence-electron chi connectivity index (χ2n) is 2.05. The molecular weight excluding hydrogens is 152 g/mol. The molecule has 2 aliphatic heterocycles. The lowest BCUT2D eigenvalue weighted by Gasteiger charge is -2.14. The van der Waals surface area contributed by atoms with E-state index in [1.807, 2.05) is 0 Å². The molecular formula is C5H5ClN4. The van der Waals surface area contributed by atoms with Crippen molar-refractivity contribution in [3.05, 3.63) is 0 Å². The summed E-state index contributed by atoms with van der Waals surface area (Å²) >= 11 is 5.72. The molecule has 2 rings (SSSR count). The molecule has 10 heavy (non-hydrogen) atoms. The van der Waals surface area contributed by atoms with Gasteiger partial charge in [-0.05, 0) is 0 Å². The van der Waals surface area contributed by atoms with E-state index in [0.717, 1.165) is 0 Å². The quantitative estimate of drug-likeness (QED) is 0.527. The van der Waals surface area contributed by atoms with Gasteiger partial charge in [0.1, 0.15) is 17.6 Å². The average Bonchev–Trinajstić information content (AvgIpc) is 2.36. The maximum absolute atomic E-state index is 5.72. The van der Waals surface area contributed by atoms with Gasteiger partial charge in [0.2, 0.25) is 0 Å². The topological polar surface area (TPSA) is 49.1 Å². The average molecular weight is 157 g/mol. The molecule has 5 heteroatoms. The summed E-state index contributed by atoms with van der Waals surface area (Å²) in [5.74, 6) is 0. The van der Waals surface area contributed by atoms with E-state index in [0.29, 0.717) is 5.17 Å². The highest BCUT2D eigenvalue weighted by atomic mass is 35.5. The van der Waals surface area contributed by atoms with Gasteiger partial charge in [0, 0.05) is 0 Å². The highest BCUT2D eigenvalue weighted by Gasteiger charge is 2.28. The number of fused-ring (bicyclic) bond motifs is 1. The Morgan fingerprint density at radius 1 is 1.50 bits per heavy atom. The minimum Gasteiger partial charge on any atom is -0.353 e. The largest absolute Gasteiger partial charge is 0.353 e. The standard InChI is InChI=1S/C5H5ClN4/c6-4-3-5(9-1-7-3)10-2-8-4/h1-3,5H,(H,7,9). The van der Waals surface area contributed by atoms with Crippen LogP contribution in [0, 0.1) is 0 Å². The van der Waals surface area contributed by atoms with E-state index >= 15 is 0 Å². The van der Waals surface area contributed by atoms with Crippen LogP contribution in [0.5, 0.6) is 0 Å². The normalized spacial score (nSPS) is 35.1. The highest BCUT2D eigenvalue weighted by Crippen LogP contribution is 2.12. The predicted octanol–water partition coefficient (Wildman–Crippen LogP) is -0.00820. The van der Waals surface area contributed by atoms with Crippen molar-refractivity contribution in [3.8, 4) is 0 Å². The fourth-order valence-corrected chi connectivity index (χ4v) is 1.14. The second-order valence-corrected chi connectivity index (χ2v) is 2.44. The maximum atomic E-state index is 5.72. The Hall–Kier alpha value is -0.900. The summed E-state index contributed by atoms with van der Waals surface area (Å²) in [4.78, 5) is 11.8. The molecule has 0 radical (unpaired) electrons. The number of hydrogen-bond acceptors (Lipinski definition) is 4. The zero-order valence-electron chi connectivity index (χ0n) is 5.03. The van der Waals surface area contributed by atoms with Crippen LogP contribution < -0.4 is 5.32 Å². The van der Waals surface area contributed by atoms with Gasteiger partial charge >= 0.3 is 0 Å². The minimum absolute atomic E-state index is 0.0231. The molecule has 52 valence electrons. The van der Waals surface area contributed by atoms with Gasteiger partial charge in [-0.15, -0.1) is 0 Å². The lowest BCUT2D eigenvalue weighted by atomic mass is 10.2. The summed E-state index contributed by atoms with van der Waals surface area (Å²) < 4.78 is 0. The van der Waals surface area contributed by atoms with Crippen LogP contribution in [0.4, 0.5) is 0 Å². The predicted molar refractivity (Wildman–Crippen MR) is 41.0 cm³/mol. The summed E-state index contributed by atoms with van der Waals surface area (Å²) in [5.41, 5.74) is 0. The van der Waals surface area contributed by atoms with Gasteiger partial charge < -0.3 is 5.32 Å². The van der Waals surface area contributed by atoms with Gasteiger partial charge in [-0.25, -0.2) is 9.98 Å². The van der Waals surface area contributed by atoms with Crippen LogP contribution in [0.15, 0.2) is 15.0 Å². The van der Waals surface area contributed by atoms with Crippen LogP contribution in [0.1, 0.15) is 0 Å². The SMILES string of the molecule is ClC1=NC=NC2NC=NC12. The molecule has 0 aromatic heterocycles. The van der Waals surface area contributed by atoms with Crippen LogP contribution in [-0.4, -0.2) is 30.1 Å². The van der Waals surface area contributed by atoms with E-state index in [2.05, 4.69) is 20.3 Å². The molecule has 2 aliphatic rings. The molecule has 0 bridgehead atoms. The molecule has 0 fully saturated rings. The van der Waals surface area contributed by atoms with E-state index in [4.69, 9.17) is 11.6 Å². The number of hydrogen-bond donors (Lipinski definition) is 1. The number of rotatable bonds is 0. The zero-order chi connectivity index (χ0) is 6.97. The van der Waals surface area contributed by atoms with Gasteiger partial charge in [0.15, 0.2) is 6.17 Å². The lowest BCUT2D eigenvalue weighted by Crippen LogP contribution is -2.35. The lowest BCUT2D eigenvalue weighted by molar-refractivity contribution is 0.640. The van der Waals surface area contributed by atoms with E-state index in [1.165, 1.54) is 6.34 Å². The van der Waals surface area contributed by atoms with Gasteiger partial charge in [0.25, 0.3) is 0 Å². The van der Waals surface area contributed by atoms with Gasteiger partial charge in [0.05, 0.1) is 6.34 Å². The Balaban J connectivity index is 2.30. The van der Waals surface area contributed by atoms with Crippen molar-refractivity contribution in [2.24, 2.45) is 15.0 Å². The monoisotopic (exact) mass is 156 g/mol. The van der Waals surface area contributed by atoms with Crippen molar-refractivity contribution in [2.75, 3.05) is 0 Å². The molecule has 2 heterocycles. The molecule has 0 aliphatic carbocycles. The summed E-state index contributed by atoms with van der Waals surface area (Å²) in [5, 5.41) is 3.44. The van der Waals surface area contributed by atoms with Crippen LogP contribution in [0.3, 0.4) is 0 Å². The first-order valence-electron chi connectivity index (χ1n) is 2.90. The molecule has 0 saturated heterocycles. The number of aliphatic imine (C=N–C) groups is 3. The third-order valence-corrected chi connectivity index (χ3v) is 1.75. The van der Waals surface area contributed by atoms with Crippen LogP contribution in [-0.2, 0) is 0 Å². The van der Waals surface area contributed by atoms with E-state index in [9.17, 15) is 0 Å². The van der Waals surface area contributed by atoms with Crippen LogP contribution in [0.2, 0.25) is 0 Å².